The molecule has 0 unspecified atom stereocenters. The quantitative estimate of drug-likeness (QED) is 0.426. The monoisotopic (exact) mass is 383 g/mol. The lowest BCUT2D eigenvalue weighted by Gasteiger charge is -2.22. The van der Waals surface area contributed by atoms with Gasteiger partial charge in [0.2, 0.25) is 0 Å². The van der Waals surface area contributed by atoms with Crippen molar-refractivity contribution in [3.8, 4) is 5.69 Å². The fourth-order valence-corrected chi connectivity index (χ4v) is 4.28. The summed E-state index contributed by atoms with van der Waals surface area (Å²) in [5, 5.41) is 0.655. The number of rotatable bonds is 4. The van der Waals surface area contributed by atoms with Gasteiger partial charge in [0.05, 0.1) is 16.6 Å². The highest BCUT2D eigenvalue weighted by atomic mass is 16.1. The van der Waals surface area contributed by atoms with Crippen molar-refractivity contribution in [2.24, 2.45) is 0 Å². The number of aryl methyl sites for hydroxylation is 3. The number of para-hydroxylation sites is 1. The highest BCUT2D eigenvalue weighted by molar-refractivity contribution is 5.78. The fraction of sp³-hybridized carbons (Fsp3) is 0.231. The van der Waals surface area contributed by atoms with E-state index in [4.69, 9.17) is 4.98 Å². The minimum Gasteiger partial charge on any atom is -0.268 e. The molecule has 0 amide bonds. The molecule has 3 nitrogen and oxygen atoms in total. The topological polar surface area (TPSA) is 34.9 Å². The lowest BCUT2D eigenvalue weighted by atomic mass is 9.99. The highest BCUT2D eigenvalue weighted by Gasteiger charge is 2.20. The summed E-state index contributed by atoms with van der Waals surface area (Å²) < 4.78 is 1.85. The number of benzene rings is 3. The predicted octanol–water partition coefficient (Wildman–Crippen LogP) is 5.66. The molecule has 4 rings (SSSR count). The van der Waals surface area contributed by atoms with Crippen LogP contribution in [0.3, 0.4) is 0 Å². The summed E-state index contributed by atoms with van der Waals surface area (Å²) in [4.78, 5) is 18.6. The average Bonchev–Trinajstić information content (AvgIpc) is 2.69. The second-order valence-electron chi connectivity index (χ2n) is 7.97. The summed E-state index contributed by atoms with van der Waals surface area (Å²) in [5.41, 5.74) is 6.33. The van der Waals surface area contributed by atoms with Crippen LogP contribution in [0.15, 0.2) is 71.5 Å². The third-order valence-electron chi connectivity index (χ3n) is 5.49. The Morgan fingerprint density at radius 3 is 2.21 bits per heavy atom. The van der Waals surface area contributed by atoms with Crippen LogP contribution >= 0.6 is 0 Å². The Kier molecular flexibility index (Phi) is 5.06. The molecule has 0 aliphatic heterocycles. The van der Waals surface area contributed by atoms with Crippen molar-refractivity contribution < 1.29 is 0 Å². The van der Waals surface area contributed by atoms with E-state index in [1.807, 2.05) is 34.9 Å². The van der Waals surface area contributed by atoms with Gasteiger partial charge in [0.1, 0.15) is 5.82 Å². The molecule has 1 atom stereocenters. The van der Waals surface area contributed by atoms with Gasteiger partial charge in [-0.3, -0.25) is 9.36 Å². The minimum atomic E-state index is 0.000523. The Morgan fingerprint density at radius 2 is 1.52 bits per heavy atom. The Hall–Kier alpha value is -3.20. The van der Waals surface area contributed by atoms with Crippen LogP contribution in [0.25, 0.3) is 16.6 Å². The maximum absolute atomic E-state index is 13.6. The Morgan fingerprint density at radius 1 is 0.897 bits per heavy atom. The summed E-state index contributed by atoms with van der Waals surface area (Å²) in [7, 11) is 0. The summed E-state index contributed by atoms with van der Waals surface area (Å²) in [6.07, 6.45) is 0.829. The third kappa shape index (κ3) is 3.61. The van der Waals surface area contributed by atoms with E-state index in [2.05, 4.69) is 64.1 Å². The molecule has 1 heterocycles. The van der Waals surface area contributed by atoms with Gasteiger partial charge in [-0.25, -0.2) is 4.98 Å². The van der Waals surface area contributed by atoms with Crippen molar-refractivity contribution in [3.05, 3.63) is 105 Å². The molecule has 146 valence electrons. The number of hydrogen-bond acceptors (Lipinski definition) is 2. The van der Waals surface area contributed by atoms with E-state index in [0.29, 0.717) is 5.39 Å². The van der Waals surface area contributed by atoms with Crippen LogP contribution in [0.5, 0.6) is 0 Å². The maximum Gasteiger partial charge on any atom is 0.265 e. The molecule has 0 saturated carbocycles. The van der Waals surface area contributed by atoms with Crippen LogP contribution in [0.1, 0.15) is 40.9 Å². The molecule has 0 fully saturated rings. The van der Waals surface area contributed by atoms with Crippen LogP contribution in [-0.4, -0.2) is 9.55 Å². The fourth-order valence-electron chi connectivity index (χ4n) is 4.28. The maximum atomic E-state index is 13.6. The molecular weight excluding hydrogens is 357 g/mol. The molecule has 29 heavy (non-hydrogen) atoms. The molecule has 0 aliphatic carbocycles. The third-order valence-corrected chi connectivity index (χ3v) is 5.49. The van der Waals surface area contributed by atoms with Crippen molar-refractivity contribution in [3.63, 3.8) is 0 Å². The molecule has 0 saturated heterocycles. The first-order valence-corrected chi connectivity index (χ1v) is 10.1. The van der Waals surface area contributed by atoms with Gasteiger partial charge in [-0.2, -0.15) is 0 Å². The van der Waals surface area contributed by atoms with Crippen LogP contribution < -0.4 is 5.56 Å². The molecule has 0 bridgehead atoms. The van der Waals surface area contributed by atoms with Gasteiger partial charge >= 0.3 is 0 Å². The Balaban J connectivity index is 1.98. The van der Waals surface area contributed by atoms with E-state index < -0.39 is 0 Å². The van der Waals surface area contributed by atoms with E-state index in [9.17, 15) is 4.79 Å². The van der Waals surface area contributed by atoms with Gasteiger partial charge in [-0.1, -0.05) is 67.1 Å². The van der Waals surface area contributed by atoms with Crippen LogP contribution in [0.4, 0.5) is 0 Å². The summed E-state index contributed by atoms with van der Waals surface area (Å²) in [5.74, 6) is 0.905. The zero-order valence-electron chi connectivity index (χ0n) is 17.4. The lowest BCUT2D eigenvalue weighted by molar-refractivity contribution is 0.662. The zero-order valence-corrected chi connectivity index (χ0v) is 17.4. The summed E-state index contributed by atoms with van der Waals surface area (Å²) in [6, 6.07) is 22.3. The van der Waals surface area contributed by atoms with Gasteiger partial charge in [0.15, 0.2) is 0 Å². The van der Waals surface area contributed by atoms with Crippen LogP contribution in [0, 0.1) is 20.8 Å². The van der Waals surface area contributed by atoms with Crippen molar-refractivity contribution in [2.45, 2.75) is 40.0 Å². The standard InChI is InChI=1S/C26H26N2O/c1-17-14-18(2)24(19(3)15-17)28-25(20(4)16-21-10-6-5-7-11-21)27-23-13-9-8-12-22(23)26(28)29/h5-15,20H,16H2,1-4H3/t20-/m1/s1/i2+0,3+1. The molecule has 4 aromatic rings. The highest BCUT2D eigenvalue weighted by Crippen LogP contribution is 2.26. The molecule has 0 spiro atoms. The normalized spacial score (nSPS) is 12.3. The second-order valence-corrected chi connectivity index (χ2v) is 7.97. The van der Waals surface area contributed by atoms with Crippen molar-refractivity contribution in [2.75, 3.05) is 0 Å². The molecule has 1 aromatic heterocycles. The number of hydrogen-bond donors (Lipinski definition) is 0. The first kappa shape index (κ1) is 19.1. The van der Waals surface area contributed by atoms with Crippen molar-refractivity contribution in [1.29, 1.82) is 0 Å². The van der Waals surface area contributed by atoms with Crippen LogP contribution in [0.2, 0.25) is 0 Å². The minimum absolute atomic E-state index is 0.000523. The van der Waals surface area contributed by atoms with Gasteiger partial charge in [-0.15, -0.1) is 0 Å². The van der Waals surface area contributed by atoms with E-state index in [0.717, 1.165) is 34.6 Å². The van der Waals surface area contributed by atoms with E-state index in [1.54, 1.807) is 0 Å². The molecular formula is C26H26N2O. The molecule has 0 aliphatic rings. The average molecular weight is 383 g/mol. The summed E-state index contributed by atoms with van der Waals surface area (Å²) in [6.45, 7) is 8.38. The largest absolute Gasteiger partial charge is 0.268 e. The second kappa shape index (κ2) is 7.67. The predicted molar refractivity (Wildman–Crippen MR) is 120 cm³/mol. The van der Waals surface area contributed by atoms with Gasteiger partial charge in [-0.05, 0) is 56.0 Å². The van der Waals surface area contributed by atoms with Gasteiger partial charge < -0.3 is 0 Å². The number of nitrogens with zero attached hydrogens (tertiary/aromatic N) is 2. The smallest absolute Gasteiger partial charge is 0.265 e. The Labute approximate surface area is 171 Å². The lowest BCUT2D eigenvalue weighted by Crippen LogP contribution is -2.27. The molecule has 3 heteroatoms. The van der Waals surface area contributed by atoms with Gasteiger partial charge in [0.25, 0.3) is 5.56 Å². The number of aromatic nitrogens is 2. The van der Waals surface area contributed by atoms with Gasteiger partial charge in [0, 0.05) is 5.92 Å². The number of fused-ring (bicyclic) bond motifs is 1. The first-order chi connectivity index (χ1) is 14.0. The zero-order chi connectivity index (χ0) is 20.5. The van der Waals surface area contributed by atoms with E-state index in [-0.39, 0.29) is 11.5 Å². The Bertz CT molecular complexity index is 1220. The molecule has 0 radical (unpaired) electrons. The first-order valence-electron chi connectivity index (χ1n) is 10.1. The SMILES string of the molecule is Cc1cc([12CH3])c(-n2c([C@H](C)Cc3ccccc3)nc3ccccc3c2=O)c([13CH3])c1. The van der Waals surface area contributed by atoms with E-state index in [1.165, 1.54) is 11.1 Å². The van der Waals surface area contributed by atoms with Crippen molar-refractivity contribution in [1.82, 2.24) is 9.55 Å². The molecule has 3 aromatic carbocycles. The van der Waals surface area contributed by atoms with Crippen molar-refractivity contribution >= 4 is 10.9 Å². The van der Waals surface area contributed by atoms with Crippen LogP contribution in [-0.2, 0) is 6.42 Å². The van der Waals surface area contributed by atoms with E-state index >= 15 is 0 Å². The molecule has 0 N–H and O–H groups in total. The summed E-state index contributed by atoms with van der Waals surface area (Å²) >= 11 is 0.